The summed E-state index contributed by atoms with van der Waals surface area (Å²) in [7, 11) is -2.39. The Balaban J connectivity index is 2.36. The molecule has 2 aromatic carbocycles. The molecular formula is C17H19Cl2NO3S. The normalized spacial score (nSPS) is 12.9. The van der Waals surface area contributed by atoms with Gasteiger partial charge in [0, 0.05) is 6.04 Å². The van der Waals surface area contributed by atoms with Crippen LogP contribution in [0, 0.1) is 6.92 Å². The highest BCUT2D eigenvalue weighted by Gasteiger charge is 2.25. The van der Waals surface area contributed by atoms with E-state index in [9.17, 15) is 8.42 Å². The maximum atomic E-state index is 12.7. The van der Waals surface area contributed by atoms with Crippen LogP contribution in [-0.4, -0.2) is 15.5 Å². The molecule has 7 heteroatoms. The first kappa shape index (κ1) is 19.1. The van der Waals surface area contributed by atoms with Gasteiger partial charge in [-0.3, -0.25) is 0 Å². The highest BCUT2D eigenvalue weighted by Crippen LogP contribution is 2.37. The molecule has 2 rings (SSSR count). The predicted molar refractivity (Wildman–Crippen MR) is 97.5 cm³/mol. The second-order valence-electron chi connectivity index (χ2n) is 5.39. The summed E-state index contributed by atoms with van der Waals surface area (Å²) < 4.78 is 33.2. The number of sulfonamides is 1. The van der Waals surface area contributed by atoms with Crippen LogP contribution in [0.1, 0.15) is 30.5 Å². The molecule has 2 aromatic rings. The summed E-state index contributed by atoms with van der Waals surface area (Å²) in [5.74, 6) is 0.325. The van der Waals surface area contributed by atoms with E-state index >= 15 is 0 Å². The fraction of sp³-hybridized carbons (Fsp3) is 0.294. The molecule has 0 amide bonds. The van der Waals surface area contributed by atoms with E-state index < -0.39 is 10.0 Å². The molecule has 1 atom stereocenters. The highest BCUT2D eigenvalue weighted by molar-refractivity contribution is 7.89. The average Bonchev–Trinajstić information content (AvgIpc) is 2.55. The van der Waals surface area contributed by atoms with E-state index in [4.69, 9.17) is 27.9 Å². The maximum absolute atomic E-state index is 12.7. The minimum Gasteiger partial charge on any atom is -0.495 e. The molecular weight excluding hydrogens is 369 g/mol. The molecule has 0 aromatic heterocycles. The number of aryl methyl sites for hydroxylation is 1. The lowest BCUT2D eigenvalue weighted by Gasteiger charge is -2.19. The molecule has 0 aliphatic rings. The number of rotatable bonds is 6. The van der Waals surface area contributed by atoms with Crippen LogP contribution in [0.25, 0.3) is 0 Å². The van der Waals surface area contributed by atoms with Crippen LogP contribution in [0.4, 0.5) is 0 Å². The summed E-state index contributed by atoms with van der Waals surface area (Å²) >= 11 is 12.2. The lowest BCUT2D eigenvalue weighted by molar-refractivity contribution is 0.414. The Hall–Kier alpha value is -1.27. The number of benzene rings is 2. The Labute approximate surface area is 152 Å². The van der Waals surface area contributed by atoms with E-state index in [-0.39, 0.29) is 21.0 Å². The van der Waals surface area contributed by atoms with Crippen molar-refractivity contribution in [2.75, 3.05) is 7.11 Å². The Morgan fingerprint density at radius 3 is 2.25 bits per heavy atom. The van der Waals surface area contributed by atoms with Crippen LogP contribution in [-0.2, 0) is 10.0 Å². The fourth-order valence-corrected chi connectivity index (χ4v) is 4.46. The van der Waals surface area contributed by atoms with Crippen LogP contribution in [0.2, 0.25) is 10.0 Å². The number of hydrogen-bond donors (Lipinski definition) is 1. The SMILES string of the molecule is CCC(NS(=O)(=O)c1ccc(OC)c(Cl)c1Cl)c1ccc(C)cc1. The van der Waals surface area contributed by atoms with Gasteiger partial charge in [-0.15, -0.1) is 0 Å². The van der Waals surface area contributed by atoms with Crippen molar-refractivity contribution in [3.05, 3.63) is 57.6 Å². The van der Waals surface area contributed by atoms with Crippen molar-refractivity contribution in [2.24, 2.45) is 0 Å². The number of halogens is 2. The van der Waals surface area contributed by atoms with Gasteiger partial charge < -0.3 is 4.74 Å². The van der Waals surface area contributed by atoms with E-state index in [1.54, 1.807) is 0 Å². The quantitative estimate of drug-likeness (QED) is 0.778. The van der Waals surface area contributed by atoms with Crippen molar-refractivity contribution in [1.29, 1.82) is 0 Å². The fourth-order valence-electron chi connectivity index (χ4n) is 2.32. The van der Waals surface area contributed by atoms with E-state index in [1.807, 2.05) is 38.1 Å². The molecule has 0 aliphatic carbocycles. The smallest absolute Gasteiger partial charge is 0.242 e. The molecule has 0 heterocycles. The lowest BCUT2D eigenvalue weighted by Crippen LogP contribution is -2.28. The van der Waals surface area contributed by atoms with Crippen molar-refractivity contribution >= 4 is 33.2 Å². The van der Waals surface area contributed by atoms with Gasteiger partial charge in [-0.05, 0) is 31.0 Å². The molecule has 1 unspecified atom stereocenters. The number of ether oxygens (including phenoxy) is 1. The highest BCUT2D eigenvalue weighted by atomic mass is 35.5. The van der Waals surface area contributed by atoms with Gasteiger partial charge in [-0.25, -0.2) is 13.1 Å². The first-order valence-corrected chi connectivity index (χ1v) is 9.65. The summed E-state index contributed by atoms with van der Waals surface area (Å²) in [5, 5.41) is 0.0210. The molecule has 0 aliphatic heterocycles. The van der Waals surface area contributed by atoms with Gasteiger partial charge >= 0.3 is 0 Å². The minimum atomic E-state index is -3.83. The monoisotopic (exact) mass is 387 g/mol. The number of hydrogen-bond acceptors (Lipinski definition) is 3. The minimum absolute atomic E-state index is 0.0534. The summed E-state index contributed by atoms with van der Waals surface area (Å²) in [6.07, 6.45) is 0.601. The van der Waals surface area contributed by atoms with E-state index in [0.29, 0.717) is 12.2 Å². The second kappa shape index (κ2) is 7.74. The molecule has 130 valence electrons. The van der Waals surface area contributed by atoms with Gasteiger partial charge in [-0.2, -0.15) is 0 Å². The standard InChI is InChI=1S/C17H19Cl2NO3S/c1-4-13(12-7-5-11(2)6-8-12)20-24(21,22)15-10-9-14(23-3)16(18)17(15)19/h5-10,13,20H,4H2,1-3H3. The Bertz CT molecular complexity index is 820. The zero-order chi connectivity index (χ0) is 17.9. The number of methoxy groups -OCH3 is 1. The zero-order valence-corrected chi connectivity index (χ0v) is 16.0. The van der Waals surface area contributed by atoms with Crippen molar-refractivity contribution in [3.8, 4) is 5.75 Å². The lowest BCUT2D eigenvalue weighted by atomic mass is 10.0. The molecule has 0 radical (unpaired) electrons. The predicted octanol–water partition coefficient (Wildman–Crippen LogP) is 4.74. The van der Waals surface area contributed by atoms with Gasteiger partial charge in [-0.1, -0.05) is 60.0 Å². The van der Waals surface area contributed by atoms with Crippen molar-refractivity contribution in [1.82, 2.24) is 4.72 Å². The molecule has 0 saturated carbocycles. The van der Waals surface area contributed by atoms with Crippen LogP contribution >= 0.6 is 23.2 Å². The van der Waals surface area contributed by atoms with E-state index in [1.165, 1.54) is 19.2 Å². The van der Waals surface area contributed by atoms with Gasteiger partial charge in [0.25, 0.3) is 0 Å². The summed E-state index contributed by atoms with van der Waals surface area (Å²) in [4.78, 5) is -0.0690. The zero-order valence-electron chi connectivity index (χ0n) is 13.6. The molecule has 0 fully saturated rings. The third-order valence-corrected chi connectivity index (χ3v) is 6.20. The third-order valence-electron chi connectivity index (χ3n) is 3.71. The van der Waals surface area contributed by atoms with Crippen LogP contribution in [0.15, 0.2) is 41.3 Å². The first-order chi connectivity index (χ1) is 11.3. The topological polar surface area (TPSA) is 55.4 Å². The van der Waals surface area contributed by atoms with Gasteiger partial charge in [0.2, 0.25) is 10.0 Å². The molecule has 1 N–H and O–H groups in total. The van der Waals surface area contributed by atoms with E-state index in [0.717, 1.165) is 11.1 Å². The van der Waals surface area contributed by atoms with Gasteiger partial charge in [0.05, 0.1) is 12.1 Å². The van der Waals surface area contributed by atoms with Crippen LogP contribution in [0.5, 0.6) is 5.75 Å². The van der Waals surface area contributed by atoms with E-state index in [2.05, 4.69) is 4.72 Å². The van der Waals surface area contributed by atoms with Crippen molar-refractivity contribution < 1.29 is 13.2 Å². The molecule has 0 bridgehead atoms. The molecule has 4 nitrogen and oxygen atoms in total. The number of nitrogens with one attached hydrogen (secondary N) is 1. The molecule has 0 saturated heterocycles. The van der Waals surface area contributed by atoms with Gasteiger partial charge in [0.15, 0.2) is 0 Å². The third kappa shape index (κ3) is 4.03. The largest absolute Gasteiger partial charge is 0.495 e. The average molecular weight is 388 g/mol. The van der Waals surface area contributed by atoms with Crippen molar-refractivity contribution in [2.45, 2.75) is 31.2 Å². The van der Waals surface area contributed by atoms with Crippen LogP contribution in [0.3, 0.4) is 0 Å². The Morgan fingerprint density at radius 2 is 1.71 bits per heavy atom. The maximum Gasteiger partial charge on any atom is 0.242 e. The Morgan fingerprint density at radius 1 is 1.08 bits per heavy atom. The Kier molecular flexibility index (Phi) is 6.15. The van der Waals surface area contributed by atoms with Gasteiger partial charge in [0.1, 0.15) is 15.7 Å². The molecule has 0 spiro atoms. The van der Waals surface area contributed by atoms with Crippen molar-refractivity contribution in [3.63, 3.8) is 0 Å². The molecule has 24 heavy (non-hydrogen) atoms. The second-order valence-corrected chi connectivity index (χ2v) is 7.83. The summed E-state index contributed by atoms with van der Waals surface area (Å²) in [6.45, 7) is 3.89. The summed E-state index contributed by atoms with van der Waals surface area (Å²) in [5.41, 5.74) is 2.00. The first-order valence-electron chi connectivity index (χ1n) is 7.41. The van der Waals surface area contributed by atoms with Crippen LogP contribution < -0.4 is 9.46 Å². The summed E-state index contributed by atoms with van der Waals surface area (Å²) in [6, 6.07) is 10.2.